The monoisotopic (exact) mass is 999 g/mol. The van der Waals surface area contributed by atoms with E-state index in [1.807, 2.05) is 97.1 Å². The number of amides is 1. The number of hydrogen-bond donors (Lipinski definition) is 2. The van der Waals surface area contributed by atoms with E-state index in [0.29, 0.717) is 36.7 Å². The highest BCUT2D eigenvalue weighted by Crippen LogP contribution is 2.62. The Kier molecular flexibility index (Phi) is 17.6. The van der Waals surface area contributed by atoms with Crippen molar-refractivity contribution in [2.75, 3.05) is 33.0 Å². The molecule has 1 aliphatic heterocycles. The summed E-state index contributed by atoms with van der Waals surface area (Å²) in [4.78, 5) is 23.5. The zero-order valence-corrected chi connectivity index (χ0v) is 42.8. The van der Waals surface area contributed by atoms with Crippen LogP contribution in [0.3, 0.4) is 0 Å². The lowest BCUT2D eigenvalue weighted by Crippen LogP contribution is -2.70. The van der Waals surface area contributed by atoms with Gasteiger partial charge in [-0.15, -0.1) is 6.58 Å². The zero-order chi connectivity index (χ0) is 51.3. The maximum atomic E-state index is 15.4. The first-order valence-electron chi connectivity index (χ1n) is 26.3. The van der Waals surface area contributed by atoms with Crippen LogP contribution in [0.1, 0.15) is 84.2 Å². The number of rotatable bonds is 24. The Morgan fingerprint density at radius 3 is 2.24 bits per heavy atom. The van der Waals surface area contributed by atoms with Gasteiger partial charge in [0.1, 0.15) is 36.5 Å². The molecule has 0 saturated heterocycles. The number of aliphatic hydroxyl groups excluding tert-OH is 2. The molecule has 1 fully saturated rings. The molecule has 2 aliphatic carbocycles. The summed E-state index contributed by atoms with van der Waals surface area (Å²) in [7, 11) is 0. The second-order valence-corrected chi connectivity index (χ2v) is 19.8. The number of nitrogens with zero attached hydrogens (tertiary/aromatic N) is 2. The summed E-state index contributed by atoms with van der Waals surface area (Å²) in [6.07, 6.45) is 8.27. The fourth-order valence-electron chi connectivity index (χ4n) is 11.3. The van der Waals surface area contributed by atoms with Crippen molar-refractivity contribution in [2.24, 2.45) is 22.9 Å². The number of aliphatic hydroxyl groups is 2. The molecule has 0 radical (unpaired) electrons. The number of unbranched alkanes of at least 4 members (excludes halogenated alkanes) is 2. The van der Waals surface area contributed by atoms with E-state index in [9.17, 15) is 10.2 Å². The van der Waals surface area contributed by atoms with Gasteiger partial charge in [0.2, 0.25) is 5.79 Å². The summed E-state index contributed by atoms with van der Waals surface area (Å²) in [6.45, 7) is 9.57. The number of hydrogen-bond acceptors (Lipinski definition) is 10. The summed E-state index contributed by atoms with van der Waals surface area (Å²) in [5.74, 6) is -0.203. The van der Waals surface area contributed by atoms with Crippen LogP contribution in [0.15, 0.2) is 169 Å². The number of oxime groups is 1. The van der Waals surface area contributed by atoms with Gasteiger partial charge in [0, 0.05) is 31.1 Å². The molecule has 74 heavy (non-hydrogen) atoms. The number of ether oxygens (including phenoxy) is 5. The molecule has 1 heterocycles. The van der Waals surface area contributed by atoms with E-state index in [4.69, 9.17) is 33.7 Å². The number of benzene rings is 6. The highest BCUT2D eigenvalue weighted by Gasteiger charge is 2.66. The second kappa shape index (κ2) is 25.0. The standard InChI is InChI=1S/C63H70N2O9/c1-4-34-71-63-59(65(41-50-25-17-24-48-22-11-12-26-53(48)50)62(68)70-36-35-69-42-46-18-7-5-8-19-46)40-57(64-72-43-47-20-9-6-10-21-47)55-38-49(23-13-15-32-66)54(27-14-16-33-67)60(61(55)63)56-39-52(30-31-58(56)74-63)73-51-29-28-44(2)45(3)37-51/h4-12,17-22,24-26,28-31,37-39,49,54,59-61,66-67H,1,13-16,23,27,32-36,40-43H2,2-3H3/t49-,54+,59-,60+,61+,63+/m0/s1. The van der Waals surface area contributed by atoms with Crippen LogP contribution in [-0.2, 0) is 38.8 Å². The van der Waals surface area contributed by atoms with E-state index in [2.05, 4.69) is 69.0 Å². The minimum absolute atomic E-state index is 0.0126. The third-order valence-corrected chi connectivity index (χ3v) is 15.0. The third kappa shape index (κ3) is 11.9. The van der Waals surface area contributed by atoms with Crippen molar-refractivity contribution in [3.63, 3.8) is 0 Å². The van der Waals surface area contributed by atoms with Crippen molar-refractivity contribution < 1.29 is 43.5 Å². The van der Waals surface area contributed by atoms with Crippen LogP contribution in [0, 0.1) is 31.6 Å². The van der Waals surface area contributed by atoms with Gasteiger partial charge in [-0.25, -0.2) is 4.79 Å². The lowest BCUT2D eigenvalue weighted by atomic mass is 9.55. The molecule has 9 rings (SSSR count). The molecule has 0 aromatic heterocycles. The van der Waals surface area contributed by atoms with Gasteiger partial charge < -0.3 is 38.7 Å². The van der Waals surface area contributed by atoms with Crippen LogP contribution < -0.4 is 9.47 Å². The Labute approximate surface area is 436 Å². The fourth-order valence-corrected chi connectivity index (χ4v) is 11.3. The predicted octanol–water partition coefficient (Wildman–Crippen LogP) is 12.9. The Morgan fingerprint density at radius 1 is 0.784 bits per heavy atom. The Balaban J connectivity index is 1.21. The molecular weight excluding hydrogens is 929 g/mol. The van der Waals surface area contributed by atoms with Crippen molar-refractivity contribution in [1.29, 1.82) is 0 Å². The molecule has 6 aromatic rings. The molecular formula is C63H70N2O9. The van der Waals surface area contributed by atoms with Crippen LogP contribution in [0.4, 0.5) is 4.79 Å². The van der Waals surface area contributed by atoms with Crippen LogP contribution >= 0.6 is 0 Å². The summed E-state index contributed by atoms with van der Waals surface area (Å²) in [5.41, 5.74) is 7.82. The lowest BCUT2D eigenvalue weighted by Gasteiger charge is -2.59. The Morgan fingerprint density at radius 2 is 1.49 bits per heavy atom. The summed E-state index contributed by atoms with van der Waals surface area (Å²) in [5, 5.41) is 27.4. The Hall–Kier alpha value is -6.76. The topological polar surface area (TPSA) is 129 Å². The van der Waals surface area contributed by atoms with Crippen molar-refractivity contribution in [1.82, 2.24) is 4.90 Å². The molecule has 2 N–H and O–H groups in total. The maximum absolute atomic E-state index is 15.4. The molecule has 6 aromatic carbocycles. The van der Waals surface area contributed by atoms with Crippen molar-refractivity contribution >= 4 is 22.6 Å². The van der Waals surface area contributed by atoms with Gasteiger partial charge >= 0.3 is 6.09 Å². The van der Waals surface area contributed by atoms with Gasteiger partial charge in [0.15, 0.2) is 0 Å². The average Bonchev–Trinajstić information content (AvgIpc) is 3.46. The fraction of sp³-hybridized carbons (Fsp3) is 0.365. The largest absolute Gasteiger partial charge is 0.459 e. The number of fused-ring (bicyclic) bond motifs is 3. The first kappa shape index (κ1) is 52.1. The minimum Gasteiger partial charge on any atom is -0.459 e. The molecule has 0 spiro atoms. The predicted molar refractivity (Wildman–Crippen MR) is 289 cm³/mol. The van der Waals surface area contributed by atoms with Gasteiger partial charge in [0.05, 0.1) is 38.0 Å². The zero-order valence-electron chi connectivity index (χ0n) is 42.8. The molecule has 3 aliphatic rings. The highest BCUT2D eigenvalue weighted by atomic mass is 16.7. The highest BCUT2D eigenvalue weighted by molar-refractivity contribution is 6.03. The second-order valence-electron chi connectivity index (χ2n) is 19.8. The van der Waals surface area contributed by atoms with E-state index >= 15 is 4.79 Å². The van der Waals surface area contributed by atoms with E-state index in [1.54, 1.807) is 11.0 Å². The first-order valence-corrected chi connectivity index (χ1v) is 26.3. The molecule has 386 valence electrons. The van der Waals surface area contributed by atoms with Crippen LogP contribution in [0.25, 0.3) is 10.8 Å². The van der Waals surface area contributed by atoms with Crippen LogP contribution in [-0.4, -0.2) is 71.8 Å². The third-order valence-electron chi connectivity index (χ3n) is 15.0. The quantitative estimate of drug-likeness (QED) is 0.0346. The van der Waals surface area contributed by atoms with Crippen molar-refractivity contribution in [3.05, 3.63) is 197 Å². The van der Waals surface area contributed by atoms with Gasteiger partial charge in [-0.1, -0.05) is 139 Å². The summed E-state index contributed by atoms with van der Waals surface area (Å²) >= 11 is 0. The summed E-state index contributed by atoms with van der Waals surface area (Å²) in [6, 6.07) is 45.5. The van der Waals surface area contributed by atoms with Crippen LogP contribution in [0.5, 0.6) is 17.2 Å². The molecule has 1 saturated carbocycles. The van der Waals surface area contributed by atoms with Gasteiger partial charge in [-0.2, -0.15) is 0 Å². The van der Waals surface area contributed by atoms with Crippen molar-refractivity contribution in [3.8, 4) is 17.2 Å². The van der Waals surface area contributed by atoms with E-state index < -0.39 is 23.8 Å². The summed E-state index contributed by atoms with van der Waals surface area (Å²) < 4.78 is 33.9. The lowest BCUT2D eigenvalue weighted by molar-refractivity contribution is -0.256. The molecule has 0 bridgehead atoms. The molecule has 11 heteroatoms. The van der Waals surface area contributed by atoms with E-state index in [0.717, 1.165) is 75.6 Å². The normalized spacial score (nSPS) is 21.2. The molecule has 11 nitrogen and oxygen atoms in total. The number of aryl methyl sites for hydroxylation is 2. The van der Waals surface area contributed by atoms with Crippen molar-refractivity contribution in [2.45, 2.75) is 96.3 Å². The number of allylic oxidation sites excluding steroid dienone is 1. The van der Waals surface area contributed by atoms with Crippen LogP contribution in [0.2, 0.25) is 0 Å². The van der Waals surface area contributed by atoms with Gasteiger partial charge in [-0.3, -0.25) is 4.90 Å². The average molecular weight is 999 g/mol. The molecule has 0 unspecified atom stereocenters. The first-order chi connectivity index (χ1) is 36.3. The van der Waals surface area contributed by atoms with E-state index in [-0.39, 0.29) is 70.4 Å². The minimum atomic E-state index is -1.51. The van der Waals surface area contributed by atoms with E-state index in [1.165, 1.54) is 5.56 Å². The SMILES string of the molecule is C=CCO[C@@]12Oc3ccc(Oc4ccc(C)c(C)c4)cc3[C@H]3[C@H](CCCCO)[C@@H](CCCCO)C=C(C(=NOCc4ccccc4)C[C@@H]1N(Cc1cccc4ccccc14)C(=O)OCCOCc1ccccc1)[C@H]32. The molecule has 6 atom stereocenters. The maximum Gasteiger partial charge on any atom is 0.410 e. The smallest absolute Gasteiger partial charge is 0.410 e. The number of carbonyl (C=O) groups is 1. The van der Waals surface area contributed by atoms with Gasteiger partial charge in [0.25, 0.3) is 0 Å². The Bertz CT molecular complexity index is 2880. The van der Waals surface area contributed by atoms with Gasteiger partial charge in [-0.05, 0) is 126 Å². The number of carbonyl (C=O) groups excluding carboxylic acids is 1. The molecule has 1 amide bonds.